The molecular formula is C17H15ClN4O. The normalized spacial score (nSPS) is 20.5. The van der Waals surface area contributed by atoms with Crippen molar-refractivity contribution in [2.75, 3.05) is 6.54 Å². The zero-order chi connectivity index (χ0) is 16.0. The lowest BCUT2D eigenvalue weighted by Gasteiger charge is -2.43. The lowest BCUT2D eigenvalue weighted by atomic mass is 9.80. The minimum absolute atomic E-state index is 0.522. The van der Waals surface area contributed by atoms with Crippen LogP contribution in [0, 0.1) is 0 Å². The van der Waals surface area contributed by atoms with Gasteiger partial charge in [0.05, 0.1) is 16.9 Å². The molecular weight excluding hydrogens is 312 g/mol. The van der Waals surface area contributed by atoms with Crippen LogP contribution >= 0.6 is 11.6 Å². The van der Waals surface area contributed by atoms with Crippen LogP contribution in [0.15, 0.2) is 42.7 Å². The van der Waals surface area contributed by atoms with E-state index >= 15 is 0 Å². The van der Waals surface area contributed by atoms with Gasteiger partial charge in [-0.3, -0.25) is 4.79 Å². The molecule has 0 saturated heterocycles. The Morgan fingerprint density at radius 1 is 1.35 bits per heavy atom. The Bertz CT molecular complexity index is 906. The summed E-state index contributed by atoms with van der Waals surface area (Å²) in [6.07, 6.45) is 5.07. The van der Waals surface area contributed by atoms with E-state index in [4.69, 9.17) is 11.6 Å². The van der Waals surface area contributed by atoms with Crippen molar-refractivity contribution in [2.24, 2.45) is 0 Å². The van der Waals surface area contributed by atoms with Crippen LogP contribution in [-0.2, 0) is 16.8 Å². The molecule has 1 aromatic carbocycles. The van der Waals surface area contributed by atoms with E-state index in [1.807, 2.05) is 25.1 Å². The average molecular weight is 327 g/mol. The summed E-state index contributed by atoms with van der Waals surface area (Å²) in [5, 5.41) is 5.16. The molecule has 116 valence electrons. The maximum Gasteiger partial charge on any atom is 0.210 e. The highest BCUT2D eigenvalue weighted by Crippen LogP contribution is 2.39. The van der Waals surface area contributed by atoms with Crippen LogP contribution in [0.2, 0.25) is 5.02 Å². The van der Waals surface area contributed by atoms with Crippen LogP contribution in [0.1, 0.15) is 23.7 Å². The van der Waals surface area contributed by atoms with Crippen LogP contribution in [-0.4, -0.2) is 32.5 Å². The number of rotatable bonds is 2. The van der Waals surface area contributed by atoms with Crippen molar-refractivity contribution >= 4 is 23.7 Å². The molecule has 2 aromatic heterocycles. The maximum absolute atomic E-state index is 11.7. The third-order valence-corrected chi connectivity index (χ3v) is 4.84. The number of carbonyl (C=O) groups excluding carboxylic acids is 1. The van der Waals surface area contributed by atoms with Crippen molar-refractivity contribution in [1.29, 1.82) is 0 Å². The fourth-order valence-electron chi connectivity index (χ4n) is 3.37. The zero-order valence-corrected chi connectivity index (χ0v) is 13.4. The fourth-order valence-corrected chi connectivity index (χ4v) is 3.51. The summed E-state index contributed by atoms with van der Waals surface area (Å²) in [6, 6.07) is 10.1. The van der Waals surface area contributed by atoms with Crippen molar-refractivity contribution in [3.05, 3.63) is 64.6 Å². The SMILES string of the molecule is CC1(c2cc3ncc(Cl)cn3n2)c2ccccc2CCN1C=O. The van der Waals surface area contributed by atoms with E-state index in [0.717, 1.165) is 24.1 Å². The second-order valence-electron chi connectivity index (χ2n) is 5.88. The van der Waals surface area contributed by atoms with Gasteiger partial charge in [0.1, 0.15) is 5.54 Å². The van der Waals surface area contributed by atoms with Crippen molar-refractivity contribution in [3.63, 3.8) is 0 Å². The average Bonchev–Trinajstić information content (AvgIpc) is 2.99. The Labute approximate surface area is 138 Å². The third kappa shape index (κ3) is 2.04. The molecule has 3 heterocycles. The van der Waals surface area contributed by atoms with Gasteiger partial charge in [-0.15, -0.1) is 0 Å². The number of fused-ring (bicyclic) bond motifs is 2. The molecule has 0 radical (unpaired) electrons. The number of hydrogen-bond donors (Lipinski definition) is 0. The minimum atomic E-state index is -0.614. The molecule has 1 amide bonds. The van der Waals surface area contributed by atoms with Crippen molar-refractivity contribution < 1.29 is 4.79 Å². The van der Waals surface area contributed by atoms with Gasteiger partial charge in [0.15, 0.2) is 5.65 Å². The second-order valence-corrected chi connectivity index (χ2v) is 6.32. The summed E-state index contributed by atoms with van der Waals surface area (Å²) in [6.45, 7) is 2.70. The van der Waals surface area contributed by atoms with Crippen molar-refractivity contribution in [2.45, 2.75) is 18.9 Å². The lowest BCUT2D eigenvalue weighted by Crippen LogP contribution is -2.49. The molecule has 5 nitrogen and oxygen atoms in total. The van der Waals surface area contributed by atoms with Gasteiger partial charge in [-0.1, -0.05) is 35.9 Å². The molecule has 0 saturated carbocycles. The molecule has 0 aliphatic carbocycles. The van der Waals surface area contributed by atoms with Gasteiger partial charge in [0, 0.05) is 18.8 Å². The van der Waals surface area contributed by atoms with Gasteiger partial charge in [0.2, 0.25) is 6.41 Å². The van der Waals surface area contributed by atoms with Gasteiger partial charge < -0.3 is 4.90 Å². The summed E-state index contributed by atoms with van der Waals surface area (Å²) in [4.78, 5) is 17.8. The molecule has 23 heavy (non-hydrogen) atoms. The molecule has 1 aliphatic rings. The number of carbonyl (C=O) groups is 1. The summed E-state index contributed by atoms with van der Waals surface area (Å²) < 4.78 is 1.66. The molecule has 1 atom stereocenters. The van der Waals surface area contributed by atoms with Crippen molar-refractivity contribution in [3.8, 4) is 0 Å². The van der Waals surface area contributed by atoms with Crippen LogP contribution in [0.4, 0.5) is 0 Å². The molecule has 3 aromatic rings. The maximum atomic E-state index is 11.7. The number of benzene rings is 1. The van der Waals surface area contributed by atoms with Gasteiger partial charge in [0.25, 0.3) is 0 Å². The van der Waals surface area contributed by atoms with Gasteiger partial charge >= 0.3 is 0 Å². The number of nitrogens with zero attached hydrogens (tertiary/aromatic N) is 4. The first-order valence-electron chi connectivity index (χ1n) is 7.45. The largest absolute Gasteiger partial charge is 0.330 e. The van der Waals surface area contributed by atoms with Crippen molar-refractivity contribution in [1.82, 2.24) is 19.5 Å². The van der Waals surface area contributed by atoms with Gasteiger partial charge in [-0.2, -0.15) is 5.10 Å². The molecule has 1 unspecified atom stereocenters. The number of amides is 1. The summed E-state index contributed by atoms with van der Waals surface area (Å²) in [5.74, 6) is 0. The van der Waals surface area contributed by atoms with E-state index in [1.165, 1.54) is 5.56 Å². The second kappa shape index (κ2) is 5.06. The quantitative estimate of drug-likeness (QED) is 0.680. The minimum Gasteiger partial charge on any atom is -0.330 e. The molecule has 0 spiro atoms. The van der Waals surface area contributed by atoms with E-state index in [9.17, 15) is 4.79 Å². The molecule has 6 heteroatoms. The summed E-state index contributed by atoms with van der Waals surface area (Å²) in [7, 11) is 0. The predicted molar refractivity (Wildman–Crippen MR) is 87.4 cm³/mol. The number of aromatic nitrogens is 3. The van der Waals surface area contributed by atoms with E-state index in [0.29, 0.717) is 17.2 Å². The van der Waals surface area contributed by atoms with E-state index in [-0.39, 0.29) is 0 Å². The van der Waals surface area contributed by atoms with E-state index in [2.05, 4.69) is 22.2 Å². The first kappa shape index (κ1) is 14.2. The standard InChI is InChI=1S/C17H15ClN4O/c1-17(15-8-16-19-9-13(18)10-22(16)20-15)14-5-3-2-4-12(14)6-7-21(17)11-23/h2-5,8-11H,6-7H2,1H3. The van der Waals surface area contributed by atoms with E-state index in [1.54, 1.807) is 21.8 Å². The highest BCUT2D eigenvalue weighted by molar-refractivity contribution is 6.30. The molecule has 0 N–H and O–H groups in total. The Balaban J connectivity index is 1.96. The van der Waals surface area contributed by atoms with Crippen LogP contribution in [0.5, 0.6) is 0 Å². The molecule has 0 bridgehead atoms. The topological polar surface area (TPSA) is 50.5 Å². The highest BCUT2D eigenvalue weighted by Gasteiger charge is 2.41. The summed E-state index contributed by atoms with van der Waals surface area (Å²) >= 11 is 6.00. The monoisotopic (exact) mass is 326 g/mol. The Hall–Kier alpha value is -2.40. The Kier molecular flexibility index (Phi) is 3.13. The lowest BCUT2D eigenvalue weighted by molar-refractivity contribution is -0.123. The van der Waals surface area contributed by atoms with Crippen LogP contribution in [0.3, 0.4) is 0 Å². The van der Waals surface area contributed by atoms with Crippen LogP contribution < -0.4 is 0 Å². The Morgan fingerprint density at radius 2 is 2.17 bits per heavy atom. The fraction of sp³-hybridized carbons (Fsp3) is 0.235. The molecule has 1 aliphatic heterocycles. The molecule has 4 rings (SSSR count). The highest BCUT2D eigenvalue weighted by atomic mass is 35.5. The number of halogens is 1. The van der Waals surface area contributed by atoms with Crippen LogP contribution in [0.25, 0.3) is 5.65 Å². The third-order valence-electron chi connectivity index (χ3n) is 4.65. The first-order valence-corrected chi connectivity index (χ1v) is 7.82. The zero-order valence-electron chi connectivity index (χ0n) is 12.6. The Morgan fingerprint density at radius 3 is 3.00 bits per heavy atom. The number of hydrogen-bond acceptors (Lipinski definition) is 3. The first-order chi connectivity index (χ1) is 11.1. The van der Waals surface area contributed by atoms with E-state index < -0.39 is 5.54 Å². The molecule has 0 fully saturated rings. The predicted octanol–water partition coefficient (Wildman–Crippen LogP) is 2.66. The van der Waals surface area contributed by atoms with Gasteiger partial charge in [-0.05, 0) is 24.5 Å². The van der Waals surface area contributed by atoms with Gasteiger partial charge in [-0.25, -0.2) is 9.50 Å². The smallest absolute Gasteiger partial charge is 0.210 e. The summed E-state index contributed by atoms with van der Waals surface area (Å²) in [5.41, 5.74) is 3.23.